The zero-order chi connectivity index (χ0) is 27.9. The number of carbonyl (C=O) groups excluding carboxylic acids is 1. The van der Waals surface area contributed by atoms with Crippen LogP contribution in [0.15, 0.2) is 84.9 Å². The summed E-state index contributed by atoms with van der Waals surface area (Å²) < 4.78 is 22.6. The number of para-hydroxylation sites is 1. The van der Waals surface area contributed by atoms with Crippen LogP contribution in [-0.4, -0.2) is 33.0 Å². The number of benzene rings is 3. The Morgan fingerprint density at radius 2 is 1.51 bits per heavy atom. The molecular weight excluding hydrogens is 497 g/mol. The monoisotopic (exact) mass is 530 g/mol. The lowest BCUT2D eigenvalue weighted by molar-refractivity contribution is -0.307. The number of carboxylic acids is 1. The Bertz CT molecular complexity index is 1370. The van der Waals surface area contributed by atoms with E-state index in [1.807, 2.05) is 60.7 Å². The van der Waals surface area contributed by atoms with Gasteiger partial charge in [-0.25, -0.2) is 4.39 Å². The van der Waals surface area contributed by atoms with Gasteiger partial charge < -0.3 is 29.4 Å². The van der Waals surface area contributed by atoms with Gasteiger partial charge in [-0.2, -0.15) is 0 Å². The highest BCUT2D eigenvalue weighted by Crippen LogP contribution is 2.48. The highest BCUT2D eigenvalue weighted by Gasteiger charge is 2.29. The van der Waals surface area contributed by atoms with Crippen LogP contribution in [0.25, 0.3) is 22.4 Å². The van der Waals surface area contributed by atoms with Crippen LogP contribution in [-0.2, 0) is 11.3 Å². The van der Waals surface area contributed by atoms with Gasteiger partial charge in [0.15, 0.2) is 5.75 Å². The normalized spacial score (nSPS) is 12.9. The summed E-state index contributed by atoms with van der Waals surface area (Å²) in [6.45, 7) is 4.48. The molecule has 1 aromatic heterocycles. The van der Waals surface area contributed by atoms with E-state index in [1.54, 1.807) is 12.1 Å². The van der Waals surface area contributed by atoms with Crippen LogP contribution in [0.2, 0.25) is 0 Å². The van der Waals surface area contributed by atoms with Gasteiger partial charge in [0.1, 0.15) is 11.6 Å². The number of halogens is 1. The molecule has 0 aliphatic heterocycles. The predicted molar refractivity (Wildman–Crippen MR) is 147 cm³/mol. The first-order valence-corrected chi connectivity index (χ1v) is 13.1. The first-order chi connectivity index (χ1) is 18.7. The topological polar surface area (TPSA) is 94.8 Å². The van der Waals surface area contributed by atoms with E-state index in [0.717, 1.165) is 28.1 Å². The maximum absolute atomic E-state index is 14.0. The number of ether oxygens (including phenoxy) is 1. The van der Waals surface area contributed by atoms with E-state index in [2.05, 4.69) is 18.4 Å². The van der Waals surface area contributed by atoms with Crippen LogP contribution in [0.4, 0.5) is 4.39 Å². The standard InChI is InChI=1S/C32H34FNO5/c1-21(2)30-32(39-27-11-7-4-8-12-27)29(22-9-5-3-6-10-22)31(23-13-15-24(33)16-14-23)34(30)18-17-25(35)19-26(36)20-28(37)38/h3-16,21,25-26,35-36H,17-20H2,1-2H3,(H,37,38)/p-1/t25-,26-/m1/s1. The summed E-state index contributed by atoms with van der Waals surface area (Å²) in [5.74, 6) is -0.351. The van der Waals surface area contributed by atoms with Crippen molar-refractivity contribution >= 4 is 5.97 Å². The minimum Gasteiger partial charge on any atom is -0.550 e. The fraction of sp³-hybridized carbons (Fsp3) is 0.281. The van der Waals surface area contributed by atoms with Crippen molar-refractivity contribution < 1.29 is 29.2 Å². The SMILES string of the molecule is CC(C)c1c(Oc2ccccc2)c(-c2ccccc2)c(-c2ccc(F)cc2)n1CC[C@@H](O)C[C@@H](O)CC(=O)[O-]. The van der Waals surface area contributed by atoms with Gasteiger partial charge in [-0.05, 0) is 66.3 Å². The molecule has 0 aliphatic carbocycles. The number of aliphatic carboxylic acids is 1. The molecule has 0 amide bonds. The van der Waals surface area contributed by atoms with Gasteiger partial charge in [0.2, 0.25) is 0 Å². The molecule has 3 aromatic carbocycles. The first kappa shape index (κ1) is 28.1. The number of aliphatic hydroxyl groups excluding tert-OH is 2. The Balaban J connectivity index is 1.88. The van der Waals surface area contributed by atoms with Crippen molar-refractivity contribution in [1.29, 1.82) is 0 Å². The molecule has 0 bridgehead atoms. The van der Waals surface area contributed by atoms with Gasteiger partial charge in [-0.15, -0.1) is 0 Å². The van der Waals surface area contributed by atoms with Gasteiger partial charge in [-0.3, -0.25) is 0 Å². The minimum atomic E-state index is -1.36. The van der Waals surface area contributed by atoms with Crippen LogP contribution in [0, 0.1) is 5.82 Å². The summed E-state index contributed by atoms with van der Waals surface area (Å²) in [5, 5.41) is 31.5. The average molecular weight is 531 g/mol. The molecule has 2 N–H and O–H groups in total. The minimum absolute atomic E-state index is 0.0150. The van der Waals surface area contributed by atoms with Crippen LogP contribution < -0.4 is 9.84 Å². The maximum atomic E-state index is 14.0. The maximum Gasteiger partial charge on any atom is 0.157 e. The molecule has 1 heterocycles. The number of hydrogen-bond acceptors (Lipinski definition) is 5. The van der Waals surface area contributed by atoms with Gasteiger partial charge in [0.25, 0.3) is 0 Å². The van der Waals surface area contributed by atoms with Crippen molar-refractivity contribution in [2.75, 3.05) is 0 Å². The van der Waals surface area contributed by atoms with Crippen molar-refractivity contribution in [1.82, 2.24) is 4.57 Å². The summed E-state index contributed by atoms with van der Waals surface area (Å²) in [4.78, 5) is 10.8. The second-order valence-corrected chi connectivity index (χ2v) is 9.94. The Labute approximate surface area is 227 Å². The third kappa shape index (κ3) is 6.93. The third-order valence-electron chi connectivity index (χ3n) is 6.58. The summed E-state index contributed by atoms with van der Waals surface area (Å²) in [6, 6.07) is 25.6. The molecule has 204 valence electrons. The number of rotatable bonds is 12. The molecule has 4 rings (SSSR count). The van der Waals surface area contributed by atoms with Crippen molar-refractivity contribution in [3.05, 3.63) is 96.4 Å². The van der Waals surface area contributed by atoms with Crippen LogP contribution >= 0.6 is 0 Å². The van der Waals surface area contributed by atoms with Crippen molar-refractivity contribution in [3.63, 3.8) is 0 Å². The van der Waals surface area contributed by atoms with Crippen molar-refractivity contribution in [3.8, 4) is 33.9 Å². The molecule has 4 aromatic rings. The average Bonchev–Trinajstić information content (AvgIpc) is 3.22. The van der Waals surface area contributed by atoms with E-state index in [9.17, 15) is 24.5 Å². The Kier molecular flexibility index (Phi) is 9.17. The summed E-state index contributed by atoms with van der Waals surface area (Å²) in [5.41, 5.74) is 4.28. The van der Waals surface area contributed by atoms with Gasteiger partial charge in [0, 0.05) is 18.9 Å². The van der Waals surface area contributed by atoms with Crippen LogP contribution in [0.1, 0.15) is 44.7 Å². The molecular formula is C32H33FNO5-. The number of nitrogens with zero attached hydrogens (tertiary/aromatic N) is 1. The number of aliphatic hydroxyl groups is 2. The molecule has 0 saturated carbocycles. The van der Waals surface area contributed by atoms with Gasteiger partial charge >= 0.3 is 0 Å². The highest BCUT2D eigenvalue weighted by atomic mass is 19.1. The number of aromatic nitrogens is 1. The molecule has 0 aliphatic rings. The van der Waals surface area contributed by atoms with E-state index in [4.69, 9.17) is 4.74 Å². The lowest BCUT2D eigenvalue weighted by Gasteiger charge is -2.20. The van der Waals surface area contributed by atoms with Gasteiger partial charge in [-0.1, -0.05) is 62.4 Å². The number of hydrogen-bond donors (Lipinski definition) is 2. The summed E-state index contributed by atoms with van der Waals surface area (Å²) in [6.07, 6.45) is -2.51. The molecule has 0 fully saturated rings. The Hall–Kier alpha value is -3.94. The fourth-order valence-electron chi connectivity index (χ4n) is 4.90. The van der Waals surface area contributed by atoms with Crippen molar-refractivity contribution in [2.45, 2.75) is 57.8 Å². The van der Waals surface area contributed by atoms with Crippen molar-refractivity contribution in [2.24, 2.45) is 0 Å². The third-order valence-corrected chi connectivity index (χ3v) is 6.58. The summed E-state index contributed by atoms with van der Waals surface area (Å²) >= 11 is 0. The molecule has 2 atom stereocenters. The molecule has 6 nitrogen and oxygen atoms in total. The lowest BCUT2D eigenvalue weighted by Crippen LogP contribution is -2.29. The van der Waals surface area contributed by atoms with E-state index < -0.39 is 24.6 Å². The zero-order valence-corrected chi connectivity index (χ0v) is 22.1. The van der Waals surface area contributed by atoms with E-state index in [-0.39, 0.29) is 24.6 Å². The molecule has 0 unspecified atom stereocenters. The summed E-state index contributed by atoms with van der Waals surface area (Å²) in [7, 11) is 0. The van der Waals surface area contributed by atoms with Gasteiger partial charge in [0.05, 0.1) is 29.2 Å². The van der Waals surface area contributed by atoms with Crippen LogP contribution in [0.3, 0.4) is 0 Å². The van der Waals surface area contributed by atoms with E-state index >= 15 is 0 Å². The highest BCUT2D eigenvalue weighted by molar-refractivity contribution is 5.88. The lowest BCUT2D eigenvalue weighted by atomic mass is 9.99. The molecule has 0 radical (unpaired) electrons. The number of carboxylic acid groups (broad SMARTS) is 1. The Morgan fingerprint density at radius 3 is 2.10 bits per heavy atom. The molecule has 7 heteroatoms. The fourth-order valence-corrected chi connectivity index (χ4v) is 4.90. The first-order valence-electron chi connectivity index (χ1n) is 13.1. The second kappa shape index (κ2) is 12.7. The van der Waals surface area contributed by atoms with E-state index in [0.29, 0.717) is 18.0 Å². The quantitative estimate of drug-likeness (QED) is 0.252. The largest absolute Gasteiger partial charge is 0.550 e. The predicted octanol–water partition coefficient (Wildman–Crippen LogP) is 5.52. The zero-order valence-electron chi connectivity index (χ0n) is 22.1. The van der Waals surface area contributed by atoms with E-state index in [1.165, 1.54) is 12.1 Å². The number of carbonyl (C=O) groups is 1. The molecule has 0 spiro atoms. The Morgan fingerprint density at radius 1 is 0.897 bits per heavy atom. The smallest absolute Gasteiger partial charge is 0.157 e. The molecule has 0 saturated heterocycles. The molecule has 39 heavy (non-hydrogen) atoms. The second-order valence-electron chi connectivity index (χ2n) is 9.94. The van der Waals surface area contributed by atoms with Crippen LogP contribution in [0.5, 0.6) is 11.5 Å².